The summed E-state index contributed by atoms with van der Waals surface area (Å²) in [7, 11) is 0. The number of likely N-dealkylation sites (tertiary alicyclic amines) is 1. The number of amides is 1. The van der Waals surface area contributed by atoms with E-state index in [9.17, 15) is 9.59 Å². The average molecular weight is 288 g/mol. The van der Waals surface area contributed by atoms with Gasteiger partial charge in [-0.1, -0.05) is 17.7 Å². The van der Waals surface area contributed by atoms with Gasteiger partial charge < -0.3 is 10.6 Å². The Labute approximate surface area is 126 Å². The highest BCUT2D eigenvalue weighted by atomic mass is 16.2. The molecule has 1 unspecified atom stereocenters. The number of benzene rings is 1. The number of nitrogens with two attached hydrogens (primary N) is 1. The lowest BCUT2D eigenvalue weighted by molar-refractivity contribution is -0.130. The average Bonchev–Trinajstić information content (AvgIpc) is 2.96. The van der Waals surface area contributed by atoms with Gasteiger partial charge >= 0.3 is 0 Å². The van der Waals surface area contributed by atoms with Gasteiger partial charge in [-0.2, -0.15) is 0 Å². The molecule has 1 amide bonds. The predicted octanol–water partition coefficient (Wildman–Crippen LogP) is 2.07. The maximum absolute atomic E-state index is 12.3. The van der Waals surface area contributed by atoms with Crippen molar-refractivity contribution in [2.24, 2.45) is 11.7 Å². The molecule has 0 aliphatic carbocycles. The molecule has 1 saturated heterocycles. The smallest absolute Gasteiger partial charge is 0.223 e. The Morgan fingerprint density at radius 2 is 2.05 bits per heavy atom. The molecule has 4 heteroatoms. The summed E-state index contributed by atoms with van der Waals surface area (Å²) < 4.78 is 0. The number of aryl methyl sites for hydroxylation is 2. The third kappa shape index (κ3) is 3.91. The maximum atomic E-state index is 12.3. The van der Waals surface area contributed by atoms with Crippen LogP contribution in [0, 0.1) is 19.8 Å². The zero-order valence-corrected chi connectivity index (χ0v) is 12.9. The number of nitrogens with zero attached hydrogens (tertiary/aromatic N) is 1. The molecular formula is C17H24N2O2. The van der Waals surface area contributed by atoms with Crippen LogP contribution in [-0.4, -0.2) is 36.2 Å². The lowest BCUT2D eigenvalue weighted by Gasteiger charge is -2.16. The zero-order valence-electron chi connectivity index (χ0n) is 12.9. The van der Waals surface area contributed by atoms with Crippen LogP contribution in [0.3, 0.4) is 0 Å². The number of ketones is 1. The van der Waals surface area contributed by atoms with Crippen LogP contribution in [0.4, 0.5) is 0 Å². The van der Waals surface area contributed by atoms with E-state index in [0.717, 1.165) is 36.2 Å². The molecule has 114 valence electrons. The standard InChI is InChI=1S/C17H24N2O2/c1-12-3-4-13(2)15(9-12)16(20)5-6-17(21)19-8-7-14(10-18)11-19/h3-4,9,14H,5-8,10-11,18H2,1-2H3. The van der Waals surface area contributed by atoms with Crippen molar-refractivity contribution in [1.29, 1.82) is 0 Å². The van der Waals surface area contributed by atoms with Gasteiger partial charge in [-0.25, -0.2) is 0 Å². The Morgan fingerprint density at radius 3 is 2.71 bits per heavy atom. The molecule has 1 atom stereocenters. The molecule has 21 heavy (non-hydrogen) atoms. The summed E-state index contributed by atoms with van der Waals surface area (Å²) >= 11 is 0. The second-order valence-electron chi connectivity index (χ2n) is 5.97. The lowest BCUT2D eigenvalue weighted by Crippen LogP contribution is -2.30. The van der Waals surface area contributed by atoms with E-state index in [-0.39, 0.29) is 18.1 Å². The largest absolute Gasteiger partial charge is 0.342 e. The fraction of sp³-hybridized carbons (Fsp3) is 0.529. The molecule has 0 bridgehead atoms. The number of carbonyl (C=O) groups is 2. The van der Waals surface area contributed by atoms with Gasteiger partial charge in [0.1, 0.15) is 0 Å². The summed E-state index contributed by atoms with van der Waals surface area (Å²) in [6, 6.07) is 5.85. The van der Waals surface area contributed by atoms with Crippen molar-refractivity contribution in [3.05, 3.63) is 34.9 Å². The van der Waals surface area contributed by atoms with Crippen molar-refractivity contribution in [3.63, 3.8) is 0 Å². The molecule has 1 heterocycles. The number of hydrogen-bond donors (Lipinski definition) is 1. The van der Waals surface area contributed by atoms with Gasteiger partial charge in [0.25, 0.3) is 0 Å². The van der Waals surface area contributed by atoms with E-state index in [1.807, 2.05) is 36.9 Å². The second-order valence-corrected chi connectivity index (χ2v) is 5.97. The molecule has 0 spiro atoms. The van der Waals surface area contributed by atoms with Gasteiger partial charge in [-0.05, 0) is 44.4 Å². The van der Waals surface area contributed by atoms with E-state index in [4.69, 9.17) is 5.73 Å². The minimum atomic E-state index is 0.0547. The van der Waals surface area contributed by atoms with Crippen molar-refractivity contribution in [2.75, 3.05) is 19.6 Å². The highest BCUT2D eigenvalue weighted by Gasteiger charge is 2.25. The van der Waals surface area contributed by atoms with Crippen LogP contribution < -0.4 is 5.73 Å². The van der Waals surface area contributed by atoms with Crippen molar-refractivity contribution in [3.8, 4) is 0 Å². The van der Waals surface area contributed by atoms with Gasteiger partial charge in [0.15, 0.2) is 5.78 Å². The van der Waals surface area contributed by atoms with Crippen LogP contribution in [-0.2, 0) is 4.79 Å². The molecule has 2 rings (SSSR count). The number of carbonyl (C=O) groups excluding carboxylic acids is 2. The molecule has 1 aliphatic rings. The minimum absolute atomic E-state index is 0.0547. The quantitative estimate of drug-likeness (QED) is 0.844. The van der Waals surface area contributed by atoms with Crippen LogP contribution in [0.2, 0.25) is 0 Å². The fourth-order valence-electron chi connectivity index (χ4n) is 2.80. The summed E-state index contributed by atoms with van der Waals surface area (Å²) in [5.41, 5.74) is 8.42. The Balaban J connectivity index is 1.89. The highest BCUT2D eigenvalue weighted by molar-refractivity contribution is 5.99. The first kappa shape index (κ1) is 15.7. The molecule has 1 fully saturated rings. The van der Waals surface area contributed by atoms with Crippen LogP contribution in [0.25, 0.3) is 0 Å². The molecule has 0 radical (unpaired) electrons. The van der Waals surface area contributed by atoms with E-state index in [2.05, 4.69) is 0 Å². The number of Topliss-reactive ketones (excluding diaryl/α,β-unsaturated/α-hetero) is 1. The Bertz CT molecular complexity index is 540. The van der Waals surface area contributed by atoms with Gasteiger partial charge in [0.2, 0.25) is 5.91 Å². The summed E-state index contributed by atoms with van der Waals surface area (Å²) in [5, 5.41) is 0. The fourth-order valence-corrected chi connectivity index (χ4v) is 2.80. The van der Waals surface area contributed by atoms with Gasteiger partial charge in [0, 0.05) is 31.5 Å². The van der Waals surface area contributed by atoms with Crippen molar-refractivity contribution >= 4 is 11.7 Å². The summed E-state index contributed by atoms with van der Waals surface area (Å²) in [6.07, 6.45) is 1.56. The molecular weight excluding hydrogens is 264 g/mol. The molecule has 1 aromatic rings. The molecule has 1 aliphatic heterocycles. The summed E-state index contributed by atoms with van der Waals surface area (Å²) in [6.45, 7) is 6.05. The minimum Gasteiger partial charge on any atom is -0.342 e. The Kier molecular flexibility index (Phi) is 5.12. The van der Waals surface area contributed by atoms with Gasteiger partial charge in [-0.15, -0.1) is 0 Å². The van der Waals surface area contributed by atoms with Crippen molar-refractivity contribution in [1.82, 2.24) is 4.90 Å². The first-order valence-electron chi connectivity index (χ1n) is 7.59. The first-order valence-corrected chi connectivity index (χ1v) is 7.59. The monoisotopic (exact) mass is 288 g/mol. The third-order valence-corrected chi connectivity index (χ3v) is 4.23. The third-order valence-electron chi connectivity index (χ3n) is 4.23. The maximum Gasteiger partial charge on any atom is 0.223 e. The summed E-state index contributed by atoms with van der Waals surface area (Å²) in [5.74, 6) is 0.549. The van der Waals surface area contributed by atoms with Gasteiger partial charge in [-0.3, -0.25) is 9.59 Å². The molecule has 0 saturated carbocycles. The SMILES string of the molecule is Cc1ccc(C)c(C(=O)CCC(=O)N2CCC(CN)C2)c1. The van der Waals surface area contributed by atoms with Crippen LogP contribution in [0.5, 0.6) is 0 Å². The highest BCUT2D eigenvalue weighted by Crippen LogP contribution is 2.18. The number of rotatable bonds is 5. The van der Waals surface area contributed by atoms with E-state index >= 15 is 0 Å². The molecule has 0 aromatic heterocycles. The van der Waals surface area contributed by atoms with Gasteiger partial charge in [0.05, 0.1) is 0 Å². The summed E-state index contributed by atoms with van der Waals surface area (Å²) in [4.78, 5) is 26.2. The van der Waals surface area contributed by atoms with E-state index in [1.165, 1.54) is 0 Å². The predicted molar refractivity (Wildman–Crippen MR) is 83.2 cm³/mol. The lowest BCUT2D eigenvalue weighted by atomic mass is 9.99. The van der Waals surface area contributed by atoms with E-state index in [0.29, 0.717) is 18.9 Å². The van der Waals surface area contributed by atoms with Crippen LogP contribution >= 0.6 is 0 Å². The second kappa shape index (κ2) is 6.85. The first-order chi connectivity index (χ1) is 10.0. The van der Waals surface area contributed by atoms with Crippen molar-refractivity contribution in [2.45, 2.75) is 33.1 Å². The Hall–Kier alpha value is -1.68. The van der Waals surface area contributed by atoms with Crippen molar-refractivity contribution < 1.29 is 9.59 Å². The van der Waals surface area contributed by atoms with Crippen LogP contribution in [0.15, 0.2) is 18.2 Å². The number of hydrogen-bond acceptors (Lipinski definition) is 3. The van der Waals surface area contributed by atoms with E-state index < -0.39 is 0 Å². The molecule has 4 nitrogen and oxygen atoms in total. The molecule has 2 N–H and O–H groups in total. The topological polar surface area (TPSA) is 63.4 Å². The Morgan fingerprint density at radius 1 is 1.29 bits per heavy atom. The normalized spacial score (nSPS) is 18.0. The van der Waals surface area contributed by atoms with Crippen LogP contribution in [0.1, 0.15) is 40.7 Å². The molecule has 1 aromatic carbocycles. The van der Waals surface area contributed by atoms with E-state index in [1.54, 1.807) is 0 Å². The zero-order chi connectivity index (χ0) is 15.4.